The van der Waals surface area contributed by atoms with Crippen molar-refractivity contribution >= 4 is 11.6 Å². The van der Waals surface area contributed by atoms with Gasteiger partial charge in [-0.25, -0.2) is 0 Å². The van der Waals surface area contributed by atoms with Crippen LogP contribution in [0.3, 0.4) is 0 Å². The lowest BCUT2D eigenvalue weighted by atomic mass is 9.99. The molecule has 1 unspecified atom stereocenters. The van der Waals surface area contributed by atoms with Crippen molar-refractivity contribution in [1.82, 2.24) is 15.1 Å². The maximum Gasteiger partial charge on any atom is 0.0849 e. The Labute approximate surface area is 129 Å². The van der Waals surface area contributed by atoms with Gasteiger partial charge in [-0.2, -0.15) is 5.10 Å². The first kappa shape index (κ1) is 17.5. The average Bonchev–Trinajstić information content (AvgIpc) is 2.73. The molecule has 0 aliphatic carbocycles. The van der Waals surface area contributed by atoms with Crippen molar-refractivity contribution in [3.8, 4) is 0 Å². The Kier molecular flexibility index (Phi) is 7.60. The number of nitrogens with zero attached hydrogens (tertiary/aromatic N) is 2. The second-order valence-corrected chi connectivity index (χ2v) is 6.29. The van der Waals surface area contributed by atoms with Crippen molar-refractivity contribution in [3.05, 3.63) is 16.4 Å². The first-order valence-electron chi connectivity index (χ1n) is 7.98. The van der Waals surface area contributed by atoms with Crippen molar-refractivity contribution in [3.63, 3.8) is 0 Å². The highest BCUT2D eigenvalue weighted by atomic mass is 35.5. The van der Waals surface area contributed by atoms with Crippen molar-refractivity contribution in [2.75, 3.05) is 13.1 Å². The third-order valence-corrected chi connectivity index (χ3v) is 4.18. The molecule has 116 valence electrons. The van der Waals surface area contributed by atoms with Crippen LogP contribution in [0.5, 0.6) is 0 Å². The van der Waals surface area contributed by atoms with Gasteiger partial charge >= 0.3 is 0 Å². The van der Waals surface area contributed by atoms with E-state index in [-0.39, 0.29) is 0 Å². The second kappa shape index (κ2) is 8.68. The normalized spacial score (nSPS) is 13.2. The van der Waals surface area contributed by atoms with Crippen LogP contribution in [0, 0.1) is 11.8 Å². The molecule has 1 heterocycles. The van der Waals surface area contributed by atoms with Crippen LogP contribution in [0.15, 0.2) is 0 Å². The standard InChI is InChI=1S/C16H30ClN3/c1-6-13(11-18-10-12(4)5)9-15-16(17)14(7-2)19-20(15)8-3/h12-13,18H,6-11H2,1-5H3. The quantitative estimate of drug-likeness (QED) is 0.748. The summed E-state index contributed by atoms with van der Waals surface area (Å²) in [7, 11) is 0. The zero-order valence-electron chi connectivity index (χ0n) is 13.7. The van der Waals surface area contributed by atoms with Gasteiger partial charge in [0.1, 0.15) is 0 Å². The molecule has 0 aliphatic heterocycles. The summed E-state index contributed by atoms with van der Waals surface area (Å²) in [6, 6.07) is 0. The maximum atomic E-state index is 6.49. The van der Waals surface area contributed by atoms with Gasteiger partial charge in [-0.3, -0.25) is 4.68 Å². The molecule has 1 N–H and O–H groups in total. The minimum absolute atomic E-state index is 0.623. The van der Waals surface area contributed by atoms with Crippen LogP contribution in [0.25, 0.3) is 0 Å². The van der Waals surface area contributed by atoms with Gasteiger partial charge in [-0.15, -0.1) is 0 Å². The Morgan fingerprint density at radius 1 is 1.20 bits per heavy atom. The fraction of sp³-hybridized carbons (Fsp3) is 0.812. The third kappa shape index (κ3) is 4.78. The number of hydrogen-bond donors (Lipinski definition) is 1. The van der Waals surface area contributed by atoms with Gasteiger partial charge in [0.2, 0.25) is 0 Å². The SMILES string of the molecule is CCc1nn(CC)c(CC(CC)CNCC(C)C)c1Cl. The summed E-state index contributed by atoms with van der Waals surface area (Å²) in [6.07, 6.45) is 3.08. The number of aryl methyl sites for hydroxylation is 2. The Hall–Kier alpha value is -0.540. The lowest BCUT2D eigenvalue weighted by Crippen LogP contribution is -2.27. The maximum absolute atomic E-state index is 6.49. The number of hydrogen-bond acceptors (Lipinski definition) is 2. The third-order valence-electron chi connectivity index (χ3n) is 3.74. The Morgan fingerprint density at radius 2 is 1.90 bits per heavy atom. The molecule has 0 spiro atoms. The second-order valence-electron chi connectivity index (χ2n) is 5.91. The van der Waals surface area contributed by atoms with E-state index in [4.69, 9.17) is 11.6 Å². The van der Waals surface area contributed by atoms with Crippen molar-refractivity contribution < 1.29 is 0 Å². The molecule has 0 aliphatic rings. The van der Waals surface area contributed by atoms with Gasteiger partial charge in [-0.05, 0) is 44.7 Å². The molecule has 0 aromatic carbocycles. The van der Waals surface area contributed by atoms with Gasteiger partial charge in [0, 0.05) is 6.54 Å². The molecule has 0 bridgehead atoms. The van der Waals surface area contributed by atoms with Crippen LogP contribution in [0.4, 0.5) is 0 Å². The minimum atomic E-state index is 0.623. The number of rotatable bonds is 9. The Balaban J connectivity index is 2.71. The predicted molar refractivity (Wildman–Crippen MR) is 87.5 cm³/mol. The smallest absolute Gasteiger partial charge is 0.0849 e. The molecule has 20 heavy (non-hydrogen) atoms. The molecule has 1 atom stereocenters. The van der Waals surface area contributed by atoms with Crippen LogP contribution in [0.1, 0.15) is 52.4 Å². The molecule has 1 aromatic rings. The topological polar surface area (TPSA) is 29.9 Å². The van der Waals surface area contributed by atoms with E-state index in [1.807, 2.05) is 0 Å². The van der Waals surface area contributed by atoms with E-state index in [0.29, 0.717) is 11.8 Å². The molecule has 3 nitrogen and oxygen atoms in total. The van der Waals surface area contributed by atoms with E-state index in [2.05, 4.69) is 49.7 Å². The largest absolute Gasteiger partial charge is 0.316 e. The zero-order valence-corrected chi connectivity index (χ0v) is 14.4. The molecular weight excluding hydrogens is 270 g/mol. The summed E-state index contributed by atoms with van der Waals surface area (Å²) in [5.74, 6) is 1.32. The molecule has 4 heteroatoms. The van der Waals surface area contributed by atoms with Crippen molar-refractivity contribution in [1.29, 1.82) is 0 Å². The fourth-order valence-corrected chi connectivity index (χ4v) is 2.77. The predicted octanol–water partition coefficient (Wildman–Crippen LogP) is 3.93. The lowest BCUT2D eigenvalue weighted by Gasteiger charge is -2.17. The Morgan fingerprint density at radius 3 is 2.40 bits per heavy atom. The first-order valence-corrected chi connectivity index (χ1v) is 8.35. The molecule has 0 amide bonds. The molecule has 0 fully saturated rings. The van der Waals surface area contributed by atoms with Crippen LogP contribution in [-0.2, 0) is 19.4 Å². The van der Waals surface area contributed by atoms with Gasteiger partial charge in [0.25, 0.3) is 0 Å². The van der Waals surface area contributed by atoms with E-state index in [1.54, 1.807) is 0 Å². The minimum Gasteiger partial charge on any atom is -0.316 e. The van der Waals surface area contributed by atoms with Gasteiger partial charge in [0.05, 0.1) is 16.4 Å². The van der Waals surface area contributed by atoms with E-state index < -0.39 is 0 Å². The van der Waals surface area contributed by atoms with Gasteiger partial charge in [-0.1, -0.05) is 45.7 Å². The summed E-state index contributed by atoms with van der Waals surface area (Å²) in [5.41, 5.74) is 2.25. The van der Waals surface area contributed by atoms with E-state index in [9.17, 15) is 0 Å². The summed E-state index contributed by atoms with van der Waals surface area (Å²) in [6.45, 7) is 14.0. The molecule has 0 radical (unpaired) electrons. The number of aromatic nitrogens is 2. The Bertz CT molecular complexity index is 399. The van der Waals surface area contributed by atoms with Crippen LogP contribution in [0.2, 0.25) is 5.02 Å². The zero-order chi connectivity index (χ0) is 15.1. The van der Waals surface area contributed by atoms with Crippen molar-refractivity contribution in [2.45, 2.75) is 60.4 Å². The van der Waals surface area contributed by atoms with Crippen molar-refractivity contribution in [2.24, 2.45) is 11.8 Å². The monoisotopic (exact) mass is 299 g/mol. The average molecular weight is 300 g/mol. The fourth-order valence-electron chi connectivity index (χ4n) is 2.42. The molecule has 0 saturated carbocycles. The van der Waals surface area contributed by atoms with Gasteiger partial charge in [0.15, 0.2) is 0 Å². The first-order chi connectivity index (χ1) is 9.53. The lowest BCUT2D eigenvalue weighted by molar-refractivity contribution is 0.425. The van der Waals surface area contributed by atoms with E-state index >= 15 is 0 Å². The number of halogens is 1. The molecule has 0 saturated heterocycles. The van der Waals surface area contributed by atoms with Crippen LogP contribution in [-0.4, -0.2) is 22.9 Å². The van der Waals surface area contributed by atoms with Crippen LogP contribution < -0.4 is 5.32 Å². The highest BCUT2D eigenvalue weighted by Gasteiger charge is 2.18. The van der Waals surface area contributed by atoms with Gasteiger partial charge < -0.3 is 5.32 Å². The molecule has 1 rings (SSSR count). The van der Waals surface area contributed by atoms with E-state index in [1.165, 1.54) is 5.69 Å². The van der Waals surface area contributed by atoms with E-state index in [0.717, 1.165) is 49.6 Å². The highest BCUT2D eigenvalue weighted by molar-refractivity contribution is 6.31. The molecule has 1 aromatic heterocycles. The van der Waals surface area contributed by atoms with Crippen LogP contribution >= 0.6 is 11.6 Å². The number of nitrogens with one attached hydrogen (secondary N) is 1. The summed E-state index contributed by atoms with van der Waals surface area (Å²) in [4.78, 5) is 0. The summed E-state index contributed by atoms with van der Waals surface area (Å²) >= 11 is 6.49. The highest BCUT2D eigenvalue weighted by Crippen LogP contribution is 2.25. The summed E-state index contributed by atoms with van der Waals surface area (Å²) in [5, 5.41) is 9.05. The molecular formula is C16H30ClN3. The summed E-state index contributed by atoms with van der Waals surface area (Å²) < 4.78 is 2.08.